The van der Waals surface area contributed by atoms with Crippen molar-refractivity contribution < 1.29 is 13.9 Å². The van der Waals surface area contributed by atoms with Crippen molar-refractivity contribution in [1.82, 2.24) is 19.8 Å². The van der Waals surface area contributed by atoms with Crippen LogP contribution in [0.1, 0.15) is 17.7 Å². The van der Waals surface area contributed by atoms with Gasteiger partial charge in [-0.05, 0) is 30.5 Å². The van der Waals surface area contributed by atoms with E-state index >= 15 is 0 Å². The van der Waals surface area contributed by atoms with Crippen LogP contribution in [0.3, 0.4) is 0 Å². The van der Waals surface area contributed by atoms with Crippen molar-refractivity contribution in [3.63, 3.8) is 0 Å². The number of likely N-dealkylation sites (tertiary alicyclic amines) is 1. The second-order valence-corrected chi connectivity index (χ2v) is 6.68. The van der Waals surface area contributed by atoms with Crippen molar-refractivity contribution in [3.05, 3.63) is 53.9 Å². The highest BCUT2D eigenvalue weighted by molar-refractivity contribution is 5.71. The average molecular weight is 344 g/mol. The van der Waals surface area contributed by atoms with E-state index in [-0.39, 0.29) is 24.1 Å². The van der Waals surface area contributed by atoms with E-state index in [0.29, 0.717) is 6.54 Å². The quantitative estimate of drug-likeness (QED) is 0.873. The Morgan fingerprint density at radius 1 is 1.28 bits per heavy atom. The molecule has 132 valence electrons. The fraction of sp³-hybridized carbons (Fsp3) is 0.444. The van der Waals surface area contributed by atoms with E-state index in [1.807, 2.05) is 11.1 Å². The molecule has 2 saturated heterocycles. The van der Waals surface area contributed by atoms with Gasteiger partial charge in [-0.15, -0.1) is 0 Å². The average Bonchev–Trinajstić information content (AvgIpc) is 3.29. The van der Waals surface area contributed by atoms with Gasteiger partial charge in [0.25, 0.3) is 0 Å². The molecule has 3 heterocycles. The van der Waals surface area contributed by atoms with Crippen molar-refractivity contribution >= 4 is 6.09 Å². The summed E-state index contributed by atoms with van der Waals surface area (Å²) in [5, 5.41) is 0. The molecule has 1 aromatic carbocycles. The summed E-state index contributed by atoms with van der Waals surface area (Å²) in [7, 11) is 0. The number of aromatic amines is 1. The highest BCUT2D eigenvalue weighted by atomic mass is 19.1. The topological polar surface area (TPSA) is 61.5 Å². The number of halogens is 1. The molecule has 2 aliphatic heterocycles. The molecular weight excluding hydrogens is 323 g/mol. The molecule has 0 aliphatic carbocycles. The minimum Gasteiger partial charge on any atom is -0.442 e. The van der Waals surface area contributed by atoms with Gasteiger partial charge in [-0.2, -0.15) is 0 Å². The smallest absolute Gasteiger partial charge is 0.410 e. The van der Waals surface area contributed by atoms with Crippen LogP contribution < -0.4 is 0 Å². The van der Waals surface area contributed by atoms with Gasteiger partial charge in [0, 0.05) is 38.1 Å². The van der Waals surface area contributed by atoms with Crippen LogP contribution in [0.2, 0.25) is 0 Å². The number of H-pyrrole nitrogens is 1. The van der Waals surface area contributed by atoms with Crippen LogP contribution >= 0.6 is 0 Å². The summed E-state index contributed by atoms with van der Waals surface area (Å²) in [4.78, 5) is 23.4. The number of carbonyl (C=O) groups excluding carboxylic acids is 1. The first-order chi connectivity index (χ1) is 12.2. The van der Waals surface area contributed by atoms with Crippen LogP contribution in [0.25, 0.3) is 0 Å². The number of benzene rings is 1. The van der Waals surface area contributed by atoms with Crippen LogP contribution in [0.4, 0.5) is 9.18 Å². The number of aryl methyl sites for hydroxylation is 1. The molecule has 2 aromatic rings. The van der Waals surface area contributed by atoms with Crippen LogP contribution in [0.15, 0.2) is 36.8 Å². The Morgan fingerprint density at radius 2 is 2.12 bits per heavy atom. The number of ether oxygens (including phenoxy) is 1. The molecule has 2 fully saturated rings. The maximum Gasteiger partial charge on any atom is 0.410 e. The van der Waals surface area contributed by atoms with Gasteiger partial charge < -0.3 is 14.6 Å². The van der Waals surface area contributed by atoms with Crippen molar-refractivity contribution in [2.24, 2.45) is 0 Å². The molecule has 1 amide bonds. The highest BCUT2D eigenvalue weighted by Crippen LogP contribution is 2.28. The van der Waals surface area contributed by atoms with Gasteiger partial charge in [0.1, 0.15) is 11.9 Å². The van der Waals surface area contributed by atoms with E-state index < -0.39 is 0 Å². The van der Waals surface area contributed by atoms with Gasteiger partial charge in [-0.3, -0.25) is 4.90 Å². The SMILES string of the molecule is O=C1O[C@@H]2CN(Cc3cnc[nH]3)C[C@@H]2N1CCCc1ccc(F)cc1. The van der Waals surface area contributed by atoms with E-state index in [4.69, 9.17) is 4.74 Å². The summed E-state index contributed by atoms with van der Waals surface area (Å²) in [6.45, 7) is 3.01. The molecule has 0 unspecified atom stereocenters. The van der Waals surface area contributed by atoms with Crippen LogP contribution in [0.5, 0.6) is 0 Å². The Balaban J connectivity index is 1.30. The maximum atomic E-state index is 12.9. The Labute approximate surface area is 145 Å². The number of hydrogen-bond acceptors (Lipinski definition) is 4. The number of rotatable bonds is 6. The predicted molar refractivity (Wildman–Crippen MR) is 89.3 cm³/mol. The lowest BCUT2D eigenvalue weighted by atomic mass is 10.1. The van der Waals surface area contributed by atoms with Crippen LogP contribution in [0, 0.1) is 5.82 Å². The molecule has 7 heteroatoms. The zero-order valence-corrected chi connectivity index (χ0v) is 13.9. The lowest BCUT2D eigenvalue weighted by molar-refractivity contribution is 0.120. The second-order valence-electron chi connectivity index (χ2n) is 6.68. The summed E-state index contributed by atoms with van der Waals surface area (Å²) in [6, 6.07) is 6.65. The number of hydrogen-bond donors (Lipinski definition) is 1. The fourth-order valence-electron chi connectivity index (χ4n) is 3.68. The van der Waals surface area contributed by atoms with Gasteiger partial charge in [0.2, 0.25) is 0 Å². The monoisotopic (exact) mass is 344 g/mol. The van der Waals surface area contributed by atoms with Gasteiger partial charge in [0.05, 0.1) is 12.4 Å². The first-order valence-corrected chi connectivity index (χ1v) is 8.60. The number of aromatic nitrogens is 2. The Morgan fingerprint density at radius 3 is 2.88 bits per heavy atom. The number of imidazole rings is 1. The Kier molecular flexibility index (Phi) is 4.40. The summed E-state index contributed by atoms with van der Waals surface area (Å²) >= 11 is 0. The number of amides is 1. The highest BCUT2D eigenvalue weighted by Gasteiger charge is 2.47. The molecule has 2 atom stereocenters. The van der Waals surface area contributed by atoms with Gasteiger partial charge in [-0.25, -0.2) is 14.2 Å². The number of nitrogens with zero attached hydrogens (tertiary/aromatic N) is 3. The molecule has 25 heavy (non-hydrogen) atoms. The summed E-state index contributed by atoms with van der Waals surface area (Å²) in [5.74, 6) is -0.224. The largest absolute Gasteiger partial charge is 0.442 e. The number of carbonyl (C=O) groups is 1. The van der Waals surface area contributed by atoms with E-state index in [2.05, 4.69) is 14.9 Å². The maximum absolute atomic E-state index is 12.9. The lowest BCUT2D eigenvalue weighted by Crippen LogP contribution is -2.38. The zero-order chi connectivity index (χ0) is 17.2. The molecule has 0 radical (unpaired) electrons. The van der Waals surface area contributed by atoms with Gasteiger partial charge >= 0.3 is 6.09 Å². The summed E-state index contributed by atoms with van der Waals surface area (Å²) in [5.41, 5.74) is 2.15. The van der Waals surface area contributed by atoms with Crippen molar-refractivity contribution in [1.29, 1.82) is 0 Å². The predicted octanol–water partition coefficient (Wildman–Crippen LogP) is 2.19. The second kappa shape index (κ2) is 6.84. The fourth-order valence-corrected chi connectivity index (χ4v) is 3.68. The lowest BCUT2D eigenvalue weighted by Gasteiger charge is -2.22. The first-order valence-electron chi connectivity index (χ1n) is 8.60. The minimum absolute atomic E-state index is 0.0544. The Hall–Kier alpha value is -2.41. The molecule has 4 rings (SSSR count). The summed E-state index contributed by atoms with van der Waals surface area (Å²) < 4.78 is 18.5. The van der Waals surface area contributed by atoms with Gasteiger partial charge in [-0.1, -0.05) is 12.1 Å². The zero-order valence-electron chi connectivity index (χ0n) is 13.9. The van der Waals surface area contributed by atoms with Crippen molar-refractivity contribution in [2.45, 2.75) is 31.5 Å². The molecular formula is C18H21FN4O2. The standard InChI is InChI=1S/C18H21FN4O2/c19-14-5-3-13(4-6-14)2-1-7-23-16-10-22(9-15-8-20-12-21-15)11-17(16)25-18(23)24/h3-6,8,12,16-17H,1-2,7,9-11H2,(H,20,21)/t16-,17+/m0/s1. The molecule has 0 saturated carbocycles. The summed E-state index contributed by atoms with van der Waals surface area (Å²) in [6.07, 6.45) is 4.88. The first kappa shape index (κ1) is 16.1. The molecule has 1 aromatic heterocycles. The minimum atomic E-state index is -0.224. The third-order valence-corrected chi connectivity index (χ3v) is 4.93. The van der Waals surface area contributed by atoms with Crippen LogP contribution in [-0.4, -0.2) is 57.6 Å². The van der Waals surface area contributed by atoms with E-state index in [0.717, 1.165) is 43.7 Å². The van der Waals surface area contributed by atoms with Gasteiger partial charge in [0.15, 0.2) is 0 Å². The third kappa shape index (κ3) is 3.51. The molecule has 2 aliphatic rings. The Bertz CT molecular complexity index is 719. The third-order valence-electron chi connectivity index (χ3n) is 4.93. The van der Waals surface area contributed by atoms with Crippen molar-refractivity contribution in [2.75, 3.05) is 19.6 Å². The molecule has 0 spiro atoms. The van der Waals surface area contributed by atoms with Crippen molar-refractivity contribution in [3.8, 4) is 0 Å². The molecule has 6 nitrogen and oxygen atoms in total. The molecule has 1 N–H and O–H groups in total. The molecule has 0 bridgehead atoms. The van der Waals surface area contributed by atoms with E-state index in [1.165, 1.54) is 12.1 Å². The normalized spacial score (nSPS) is 23.1. The van der Waals surface area contributed by atoms with Crippen LogP contribution in [-0.2, 0) is 17.7 Å². The number of fused-ring (bicyclic) bond motifs is 1. The van der Waals surface area contributed by atoms with E-state index in [9.17, 15) is 9.18 Å². The van der Waals surface area contributed by atoms with E-state index in [1.54, 1.807) is 18.5 Å². The number of nitrogens with one attached hydrogen (secondary N) is 1.